The van der Waals surface area contributed by atoms with Crippen LogP contribution in [-0.4, -0.2) is 24.3 Å². The SMILES string of the molecule is CN(C)c1ccc(Sc2nnc(N)s2)cc1. The first kappa shape index (κ1) is 11.2. The molecule has 0 aliphatic carbocycles. The second-order valence-electron chi connectivity index (χ2n) is 3.40. The van der Waals surface area contributed by atoms with Gasteiger partial charge in [-0.3, -0.25) is 0 Å². The maximum Gasteiger partial charge on any atom is 0.203 e. The Labute approximate surface area is 102 Å². The highest BCUT2D eigenvalue weighted by Gasteiger charge is 2.03. The van der Waals surface area contributed by atoms with Crippen molar-refractivity contribution in [1.82, 2.24) is 10.2 Å². The summed E-state index contributed by atoms with van der Waals surface area (Å²) in [4.78, 5) is 3.21. The molecule has 1 aromatic heterocycles. The predicted octanol–water partition coefficient (Wildman–Crippen LogP) is 2.34. The highest BCUT2D eigenvalue weighted by atomic mass is 32.2. The molecule has 0 aliphatic rings. The van der Waals surface area contributed by atoms with Crippen molar-refractivity contribution in [2.75, 3.05) is 24.7 Å². The lowest BCUT2D eigenvalue weighted by Crippen LogP contribution is -2.07. The Morgan fingerprint density at radius 2 is 1.88 bits per heavy atom. The van der Waals surface area contributed by atoms with Crippen LogP contribution in [0, 0.1) is 0 Å². The highest BCUT2D eigenvalue weighted by molar-refractivity contribution is 8.01. The molecule has 2 N–H and O–H groups in total. The van der Waals surface area contributed by atoms with Crippen LogP contribution in [0.3, 0.4) is 0 Å². The molecular weight excluding hydrogens is 240 g/mol. The minimum atomic E-state index is 0.507. The van der Waals surface area contributed by atoms with Crippen molar-refractivity contribution in [2.24, 2.45) is 0 Å². The Morgan fingerprint density at radius 3 is 2.38 bits per heavy atom. The number of hydrogen-bond acceptors (Lipinski definition) is 6. The largest absolute Gasteiger partial charge is 0.378 e. The van der Waals surface area contributed by atoms with Crippen LogP contribution in [0.25, 0.3) is 0 Å². The van der Waals surface area contributed by atoms with Gasteiger partial charge in [0.15, 0.2) is 4.34 Å². The number of nitrogens with zero attached hydrogens (tertiary/aromatic N) is 3. The van der Waals surface area contributed by atoms with Gasteiger partial charge in [-0.2, -0.15) is 0 Å². The molecule has 0 saturated carbocycles. The van der Waals surface area contributed by atoms with Crippen LogP contribution >= 0.6 is 23.1 Å². The summed E-state index contributed by atoms with van der Waals surface area (Å²) in [7, 11) is 4.04. The smallest absolute Gasteiger partial charge is 0.203 e. The minimum Gasteiger partial charge on any atom is -0.378 e. The Balaban J connectivity index is 2.11. The van der Waals surface area contributed by atoms with Crippen molar-refractivity contribution >= 4 is 33.9 Å². The van der Waals surface area contributed by atoms with Crippen LogP contribution in [0.5, 0.6) is 0 Å². The van der Waals surface area contributed by atoms with E-state index in [0.29, 0.717) is 5.13 Å². The molecule has 4 nitrogen and oxygen atoms in total. The molecule has 2 rings (SSSR count). The zero-order chi connectivity index (χ0) is 11.5. The summed E-state index contributed by atoms with van der Waals surface area (Å²) in [6, 6.07) is 8.29. The lowest BCUT2D eigenvalue weighted by Gasteiger charge is -2.11. The molecule has 2 aromatic rings. The van der Waals surface area contributed by atoms with Crippen LogP contribution in [-0.2, 0) is 0 Å². The van der Waals surface area contributed by atoms with Crippen molar-refractivity contribution < 1.29 is 0 Å². The van der Waals surface area contributed by atoms with Gasteiger partial charge in [-0.1, -0.05) is 23.1 Å². The second kappa shape index (κ2) is 4.71. The van der Waals surface area contributed by atoms with Crippen LogP contribution in [0.15, 0.2) is 33.5 Å². The van der Waals surface area contributed by atoms with Gasteiger partial charge in [-0.15, -0.1) is 10.2 Å². The molecule has 1 heterocycles. The zero-order valence-electron chi connectivity index (χ0n) is 9.04. The van der Waals surface area contributed by atoms with E-state index < -0.39 is 0 Å². The third kappa shape index (κ3) is 2.65. The first-order valence-corrected chi connectivity index (χ1v) is 6.32. The molecular formula is C10H12N4S2. The monoisotopic (exact) mass is 252 g/mol. The van der Waals surface area contributed by atoms with E-state index >= 15 is 0 Å². The molecule has 0 bridgehead atoms. The topological polar surface area (TPSA) is 55.0 Å². The van der Waals surface area contributed by atoms with E-state index in [4.69, 9.17) is 5.73 Å². The van der Waals surface area contributed by atoms with E-state index in [-0.39, 0.29) is 0 Å². The van der Waals surface area contributed by atoms with Crippen LogP contribution in [0.2, 0.25) is 0 Å². The lowest BCUT2D eigenvalue weighted by molar-refractivity contribution is 1.02. The summed E-state index contributed by atoms with van der Waals surface area (Å²) in [5.74, 6) is 0. The Kier molecular flexibility index (Phi) is 3.31. The summed E-state index contributed by atoms with van der Waals surface area (Å²) in [6.45, 7) is 0. The number of nitrogens with two attached hydrogens (primary N) is 1. The van der Waals surface area contributed by atoms with Crippen LogP contribution in [0.1, 0.15) is 0 Å². The van der Waals surface area contributed by atoms with E-state index in [1.54, 1.807) is 11.8 Å². The number of hydrogen-bond donors (Lipinski definition) is 1. The summed E-state index contributed by atoms with van der Waals surface area (Å²) in [6.07, 6.45) is 0. The normalized spacial score (nSPS) is 10.4. The maximum absolute atomic E-state index is 5.52. The van der Waals surface area contributed by atoms with Gasteiger partial charge in [0.1, 0.15) is 0 Å². The number of nitrogen functional groups attached to an aromatic ring is 1. The molecule has 16 heavy (non-hydrogen) atoms. The molecule has 84 valence electrons. The van der Waals surface area contributed by atoms with E-state index in [0.717, 1.165) is 9.24 Å². The minimum absolute atomic E-state index is 0.507. The van der Waals surface area contributed by atoms with Crippen molar-refractivity contribution in [3.05, 3.63) is 24.3 Å². The van der Waals surface area contributed by atoms with Gasteiger partial charge < -0.3 is 10.6 Å². The van der Waals surface area contributed by atoms with Crippen LogP contribution in [0.4, 0.5) is 10.8 Å². The molecule has 0 atom stereocenters. The zero-order valence-corrected chi connectivity index (χ0v) is 10.7. The van der Waals surface area contributed by atoms with Crippen LogP contribution < -0.4 is 10.6 Å². The molecule has 0 spiro atoms. The van der Waals surface area contributed by atoms with E-state index in [1.807, 2.05) is 14.1 Å². The molecule has 0 aliphatic heterocycles. The molecule has 1 aromatic carbocycles. The summed E-state index contributed by atoms with van der Waals surface area (Å²) in [5.41, 5.74) is 6.70. The highest BCUT2D eigenvalue weighted by Crippen LogP contribution is 2.31. The van der Waals surface area contributed by atoms with Gasteiger partial charge >= 0.3 is 0 Å². The Bertz CT molecular complexity index is 464. The average molecular weight is 252 g/mol. The Hall–Kier alpha value is -1.27. The lowest BCUT2D eigenvalue weighted by atomic mass is 10.3. The second-order valence-corrected chi connectivity index (χ2v) is 5.73. The average Bonchev–Trinajstić information content (AvgIpc) is 2.65. The van der Waals surface area contributed by atoms with Crippen molar-refractivity contribution in [3.8, 4) is 0 Å². The van der Waals surface area contributed by atoms with E-state index in [1.165, 1.54) is 17.0 Å². The number of rotatable bonds is 3. The standard InChI is InChI=1S/C10H12N4S2/c1-14(2)7-3-5-8(6-4-7)15-10-13-12-9(11)16-10/h3-6H,1-2H3,(H2,11,12). The third-order valence-electron chi connectivity index (χ3n) is 1.98. The van der Waals surface area contributed by atoms with Crippen molar-refractivity contribution in [2.45, 2.75) is 9.24 Å². The summed E-state index contributed by atoms with van der Waals surface area (Å²) < 4.78 is 0.870. The number of aromatic nitrogens is 2. The fraction of sp³-hybridized carbons (Fsp3) is 0.200. The molecule has 0 amide bonds. The number of anilines is 2. The van der Waals surface area contributed by atoms with E-state index in [2.05, 4.69) is 39.4 Å². The van der Waals surface area contributed by atoms with E-state index in [9.17, 15) is 0 Å². The van der Waals surface area contributed by atoms with Gasteiger partial charge in [0.2, 0.25) is 5.13 Å². The summed E-state index contributed by atoms with van der Waals surface area (Å²) in [5, 5.41) is 8.25. The van der Waals surface area contributed by atoms with Gasteiger partial charge in [-0.05, 0) is 24.3 Å². The molecule has 0 fully saturated rings. The third-order valence-corrected chi connectivity index (χ3v) is 3.79. The predicted molar refractivity (Wildman–Crippen MR) is 69.2 cm³/mol. The van der Waals surface area contributed by atoms with Gasteiger partial charge in [0.25, 0.3) is 0 Å². The van der Waals surface area contributed by atoms with Gasteiger partial charge in [0.05, 0.1) is 0 Å². The fourth-order valence-electron chi connectivity index (χ4n) is 1.17. The molecule has 0 saturated heterocycles. The Morgan fingerprint density at radius 1 is 1.19 bits per heavy atom. The van der Waals surface area contributed by atoms with Crippen molar-refractivity contribution in [1.29, 1.82) is 0 Å². The summed E-state index contributed by atoms with van der Waals surface area (Å²) >= 11 is 2.98. The molecule has 0 radical (unpaired) electrons. The van der Waals surface area contributed by atoms with Gasteiger partial charge in [-0.25, -0.2) is 0 Å². The molecule has 6 heteroatoms. The van der Waals surface area contributed by atoms with Crippen molar-refractivity contribution in [3.63, 3.8) is 0 Å². The quantitative estimate of drug-likeness (QED) is 0.908. The fourth-order valence-corrected chi connectivity index (χ4v) is 2.78. The maximum atomic E-state index is 5.52. The van der Waals surface area contributed by atoms with Gasteiger partial charge in [0, 0.05) is 24.7 Å². The first-order valence-electron chi connectivity index (χ1n) is 4.69. The molecule has 0 unspecified atom stereocenters. The first-order chi connectivity index (χ1) is 7.65. The number of benzene rings is 1.